The van der Waals surface area contributed by atoms with Gasteiger partial charge in [-0.3, -0.25) is 4.79 Å². The Hall–Kier alpha value is -3.77. The van der Waals surface area contributed by atoms with Gasteiger partial charge in [0, 0.05) is 25.2 Å². The molecule has 0 aliphatic heterocycles. The Labute approximate surface area is 200 Å². The first kappa shape index (κ1) is 23.4. The molecule has 0 fully saturated rings. The summed E-state index contributed by atoms with van der Waals surface area (Å²) in [5, 5.41) is 4.75. The van der Waals surface area contributed by atoms with E-state index in [1.807, 2.05) is 80.5 Å². The second kappa shape index (κ2) is 10.4. The largest absolute Gasteiger partial charge is 0.332 e. The number of amides is 1. The summed E-state index contributed by atoms with van der Waals surface area (Å²) in [5.74, 6) is -0.414. The molecule has 0 bridgehead atoms. The summed E-state index contributed by atoms with van der Waals surface area (Å²) in [5.41, 5.74) is 4.84. The normalized spacial score (nSPS) is 11.1. The molecule has 0 saturated heterocycles. The predicted molar refractivity (Wildman–Crippen MR) is 133 cm³/mol. The molecule has 0 radical (unpaired) electrons. The zero-order chi connectivity index (χ0) is 24.1. The zero-order valence-electron chi connectivity index (χ0n) is 19.8. The lowest BCUT2D eigenvalue weighted by molar-refractivity contribution is 0.0722. The van der Waals surface area contributed by atoms with Gasteiger partial charge in [-0.1, -0.05) is 48.0 Å². The van der Waals surface area contributed by atoms with Gasteiger partial charge in [0.1, 0.15) is 11.5 Å². The second-order valence-corrected chi connectivity index (χ2v) is 8.68. The van der Waals surface area contributed by atoms with Crippen molar-refractivity contribution in [2.75, 3.05) is 27.2 Å². The summed E-state index contributed by atoms with van der Waals surface area (Å²) in [6.07, 6.45) is 0. The average Bonchev–Trinajstić information content (AvgIpc) is 3.28. The van der Waals surface area contributed by atoms with Gasteiger partial charge in [-0.05, 0) is 69.0 Å². The van der Waals surface area contributed by atoms with Crippen LogP contribution in [-0.4, -0.2) is 52.7 Å². The number of hydrogen-bond acceptors (Lipinski definition) is 3. The highest BCUT2D eigenvalue weighted by Gasteiger charge is 2.23. The summed E-state index contributed by atoms with van der Waals surface area (Å²) in [6.45, 7) is 3.83. The van der Waals surface area contributed by atoms with E-state index in [1.165, 1.54) is 12.1 Å². The third kappa shape index (κ3) is 5.58. The molecule has 1 aromatic heterocycles. The van der Waals surface area contributed by atoms with Gasteiger partial charge in [-0.25, -0.2) is 9.07 Å². The Morgan fingerprint density at radius 1 is 0.912 bits per heavy atom. The predicted octanol–water partition coefficient (Wildman–Crippen LogP) is 5.19. The van der Waals surface area contributed by atoms with E-state index in [1.54, 1.807) is 22.9 Å². The van der Waals surface area contributed by atoms with Crippen molar-refractivity contribution < 1.29 is 9.18 Å². The Morgan fingerprint density at radius 2 is 1.59 bits per heavy atom. The quantitative estimate of drug-likeness (QED) is 0.366. The molecule has 5 nitrogen and oxygen atoms in total. The second-order valence-electron chi connectivity index (χ2n) is 8.68. The third-order valence-corrected chi connectivity index (χ3v) is 5.67. The van der Waals surface area contributed by atoms with E-state index in [0.29, 0.717) is 24.5 Å². The van der Waals surface area contributed by atoms with Crippen molar-refractivity contribution in [2.24, 2.45) is 0 Å². The van der Waals surface area contributed by atoms with Gasteiger partial charge in [0.2, 0.25) is 0 Å². The maximum Gasteiger partial charge on any atom is 0.272 e. The van der Waals surface area contributed by atoms with E-state index >= 15 is 0 Å². The van der Waals surface area contributed by atoms with Crippen LogP contribution < -0.4 is 0 Å². The fraction of sp³-hybridized carbons (Fsp3) is 0.214. The van der Waals surface area contributed by atoms with Crippen LogP contribution in [0, 0.1) is 12.7 Å². The number of rotatable bonds is 8. The van der Waals surface area contributed by atoms with Gasteiger partial charge in [-0.15, -0.1) is 0 Å². The fourth-order valence-corrected chi connectivity index (χ4v) is 3.72. The number of halogens is 1. The monoisotopic (exact) mass is 456 g/mol. The van der Waals surface area contributed by atoms with Crippen molar-refractivity contribution in [3.8, 4) is 16.9 Å². The first-order valence-electron chi connectivity index (χ1n) is 11.3. The number of benzene rings is 3. The van der Waals surface area contributed by atoms with Crippen molar-refractivity contribution in [1.82, 2.24) is 19.6 Å². The molecule has 1 amide bonds. The van der Waals surface area contributed by atoms with Gasteiger partial charge in [-0.2, -0.15) is 5.10 Å². The highest BCUT2D eigenvalue weighted by molar-refractivity contribution is 5.94. The number of carbonyl (C=O) groups is 1. The number of carbonyl (C=O) groups excluding carboxylic acids is 1. The van der Waals surface area contributed by atoms with Crippen LogP contribution in [0.3, 0.4) is 0 Å². The molecule has 1 heterocycles. The van der Waals surface area contributed by atoms with Crippen LogP contribution >= 0.6 is 0 Å². The smallest absolute Gasteiger partial charge is 0.272 e. The SMILES string of the molecule is Cc1ccc(-n2nc(-c3ccc(F)cc3)cc2C(=O)N(CCN(C)C)Cc2ccccc2)cc1. The van der Waals surface area contributed by atoms with Crippen molar-refractivity contribution in [2.45, 2.75) is 13.5 Å². The van der Waals surface area contributed by atoms with Gasteiger partial charge in [0.15, 0.2) is 0 Å². The van der Waals surface area contributed by atoms with E-state index in [-0.39, 0.29) is 11.7 Å². The molecule has 0 aliphatic carbocycles. The highest BCUT2D eigenvalue weighted by atomic mass is 19.1. The standard InChI is InChI=1S/C28H29FN4O/c1-21-9-15-25(16-10-21)33-27(19-26(30-33)23-11-13-24(29)14-12-23)28(34)32(18-17-31(2)3)20-22-7-5-4-6-8-22/h4-16,19H,17-18,20H2,1-3H3. The fourth-order valence-electron chi connectivity index (χ4n) is 3.72. The maximum atomic E-state index is 13.9. The van der Waals surface area contributed by atoms with E-state index in [9.17, 15) is 9.18 Å². The van der Waals surface area contributed by atoms with Crippen LogP contribution in [0.1, 0.15) is 21.6 Å². The van der Waals surface area contributed by atoms with Gasteiger partial charge in [0.25, 0.3) is 5.91 Å². The topological polar surface area (TPSA) is 41.4 Å². The van der Waals surface area contributed by atoms with Crippen LogP contribution in [0.5, 0.6) is 0 Å². The van der Waals surface area contributed by atoms with Gasteiger partial charge >= 0.3 is 0 Å². The Balaban J connectivity index is 1.76. The molecular formula is C28H29FN4O. The molecule has 4 aromatic rings. The summed E-state index contributed by atoms with van der Waals surface area (Å²) >= 11 is 0. The summed E-state index contributed by atoms with van der Waals surface area (Å²) in [7, 11) is 3.99. The first-order valence-corrected chi connectivity index (χ1v) is 11.3. The van der Waals surface area contributed by atoms with E-state index in [2.05, 4.69) is 4.90 Å². The molecular weight excluding hydrogens is 427 g/mol. The average molecular weight is 457 g/mol. The zero-order valence-corrected chi connectivity index (χ0v) is 19.8. The minimum absolute atomic E-state index is 0.105. The molecule has 4 rings (SSSR count). The summed E-state index contributed by atoms with van der Waals surface area (Å²) in [4.78, 5) is 17.8. The lowest BCUT2D eigenvalue weighted by Crippen LogP contribution is -2.37. The molecule has 34 heavy (non-hydrogen) atoms. The van der Waals surface area contributed by atoms with Crippen LogP contribution in [-0.2, 0) is 6.54 Å². The number of aryl methyl sites for hydroxylation is 1. The highest BCUT2D eigenvalue weighted by Crippen LogP contribution is 2.24. The van der Waals surface area contributed by atoms with Crippen molar-refractivity contribution in [3.63, 3.8) is 0 Å². The Morgan fingerprint density at radius 3 is 2.24 bits per heavy atom. The molecule has 0 N–H and O–H groups in total. The van der Waals surface area contributed by atoms with E-state index in [4.69, 9.17) is 5.10 Å². The number of nitrogens with zero attached hydrogens (tertiary/aromatic N) is 4. The molecule has 0 unspecified atom stereocenters. The van der Waals surface area contributed by atoms with E-state index in [0.717, 1.165) is 28.9 Å². The van der Waals surface area contributed by atoms with Gasteiger partial charge in [0.05, 0.1) is 11.4 Å². The third-order valence-electron chi connectivity index (χ3n) is 5.67. The molecule has 0 atom stereocenters. The maximum absolute atomic E-state index is 13.9. The lowest BCUT2D eigenvalue weighted by atomic mass is 10.1. The molecule has 0 saturated carbocycles. The molecule has 0 spiro atoms. The number of aromatic nitrogens is 2. The summed E-state index contributed by atoms with van der Waals surface area (Å²) < 4.78 is 15.2. The van der Waals surface area contributed by atoms with Crippen LogP contribution in [0.25, 0.3) is 16.9 Å². The number of hydrogen-bond donors (Lipinski definition) is 0. The van der Waals surface area contributed by atoms with Crippen molar-refractivity contribution in [3.05, 3.63) is 108 Å². The van der Waals surface area contributed by atoms with Crippen LogP contribution in [0.4, 0.5) is 4.39 Å². The molecule has 3 aromatic carbocycles. The van der Waals surface area contributed by atoms with Crippen LogP contribution in [0.15, 0.2) is 84.9 Å². The minimum atomic E-state index is -0.310. The molecule has 174 valence electrons. The van der Waals surface area contributed by atoms with Crippen LogP contribution in [0.2, 0.25) is 0 Å². The van der Waals surface area contributed by atoms with Crippen molar-refractivity contribution >= 4 is 5.91 Å². The number of likely N-dealkylation sites (N-methyl/N-ethyl adjacent to an activating group) is 1. The van der Waals surface area contributed by atoms with E-state index < -0.39 is 0 Å². The van der Waals surface area contributed by atoms with Gasteiger partial charge < -0.3 is 9.80 Å². The minimum Gasteiger partial charge on any atom is -0.332 e. The first-order chi connectivity index (χ1) is 16.4. The molecule has 6 heteroatoms. The van der Waals surface area contributed by atoms with Crippen molar-refractivity contribution in [1.29, 1.82) is 0 Å². The summed E-state index contributed by atoms with van der Waals surface area (Å²) in [6, 6.07) is 25.8. The Kier molecular flexibility index (Phi) is 7.18. The Bertz CT molecular complexity index is 1230. The molecule has 0 aliphatic rings. The lowest BCUT2D eigenvalue weighted by Gasteiger charge is -2.25.